The van der Waals surface area contributed by atoms with E-state index in [1.54, 1.807) is 0 Å². The van der Waals surface area contributed by atoms with Gasteiger partial charge in [0.15, 0.2) is 0 Å². The summed E-state index contributed by atoms with van der Waals surface area (Å²) in [6, 6.07) is 6.49. The molecule has 114 valence electrons. The van der Waals surface area contributed by atoms with Gasteiger partial charge in [-0.2, -0.15) is 0 Å². The normalized spacial score (nSPS) is 17.7. The summed E-state index contributed by atoms with van der Waals surface area (Å²) in [5, 5.41) is 0. The Labute approximate surface area is 131 Å². The standard InChI is InChI=1S/C17H24ClN3/c1-13-3-4-16-15(11-13)19-17(12-18)21(16)10-7-14-5-8-20(2)9-6-14/h3-4,11,14H,5-10,12H2,1-2H3. The lowest BCUT2D eigenvalue weighted by atomic mass is 9.94. The number of rotatable bonds is 4. The fraction of sp³-hybridized carbons (Fsp3) is 0.588. The minimum absolute atomic E-state index is 0.487. The molecule has 1 saturated heterocycles. The molecule has 2 heterocycles. The molecule has 1 aromatic carbocycles. The number of hydrogen-bond donors (Lipinski definition) is 0. The van der Waals surface area contributed by atoms with Gasteiger partial charge in [0.1, 0.15) is 5.82 Å². The van der Waals surface area contributed by atoms with Gasteiger partial charge in [-0.25, -0.2) is 4.98 Å². The van der Waals surface area contributed by atoms with Gasteiger partial charge in [-0.15, -0.1) is 11.6 Å². The van der Waals surface area contributed by atoms with Crippen LogP contribution in [0.1, 0.15) is 30.7 Å². The smallest absolute Gasteiger partial charge is 0.124 e. The van der Waals surface area contributed by atoms with Crippen LogP contribution < -0.4 is 0 Å². The first-order valence-corrected chi connectivity index (χ1v) is 8.41. The zero-order chi connectivity index (χ0) is 14.8. The first-order valence-electron chi connectivity index (χ1n) is 7.87. The van der Waals surface area contributed by atoms with Gasteiger partial charge in [-0.3, -0.25) is 0 Å². The molecule has 3 nitrogen and oxygen atoms in total. The topological polar surface area (TPSA) is 21.1 Å². The second-order valence-corrected chi connectivity index (χ2v) is 6.61. The Hall–Kier alpha value is -1.06. The number of alkyl halides is 1. The fourth-order valence-electron chi connectivity index (χ4n) is 3.30. The highest BCUT2D eigenvalue weighted by Gasteiger charge is 2.18. The Bertz CT molecular complexity index is 612. The minimum Gasteiger partial charge on any atom is -0.327 e. The third kappa shape index (κ3) is 3.24. The molecule has 0 amide bonds. The molecular formula is C17H24ClN3. The molecular weight excluding hydrogens is 282 g/mol. The summed E-state index contributed by atoms with van der Waals surface area (Å²) in [5.41, 5.74) is 3.56. The first kappa shape index (κ1) is 14.9. The van der Waals surface area contributed by atoms with Crippen LogP contribution in [0.15, 0.2) is 18.2 Å². The quantitative estimate of drug-likeness (QED) is 0.801. The largest absolute Gasteiger partial charge is 0.327 e. The van der Waals surface area contributed by atoms with E-state index in [1.165, 1.54) is 43.4 Å². The van der Waals surface area contributed by atoms with E-state index in [2.05, 4.69) is 41.6 Å². The van der Waals surface area contributed by atoms with Crippen LogP contribution in [0.2, 0.25) is 0 Å². The number of halogens is 1. The fourth-order valence-corrected chi connectivity index (χ4v) is 3.51. The predicted molar refractivity (Wildman–Crippen MR) is 88.9 cm³/mol. The predicted octanol–water partition coefficient (Wildman–Crippen LogP) is 3.82. The maximum atomic E-state index is 6.09. The maximum absolute atomic E-state index is 6.09. The third-order valence-electron chi connectivity index (χ3n) is 4.70. The second kappa shape index (κ2) is 6.37. The highest BCUT2D eigenvalue weighted by atomic mass is 35.5. The van der Waals surface area contributed by atoms with Crippen LogP contribution in [0.3, 0.4) is 0 Å². The minimum atomic E-state index is 0.487. The molecule has 3 rings (SSSR count). The summed E-state index contributed by atoms with van der Waals surface area (Å²) >= 11 is 6.09. The molecule has 1 aromatic heterocycles. The van der Waals surface area contributed by atoms with Gasteiger partial charge >= 0.3 is 0 Å². The Balaban J connectivity index is 1.76. The van der Waals surface area contributed by atoms with Crippen molar-refractivity contribution in [2.75, 3.05) is 20.1 Å². The number of nitrogens with zero attached hydrogens (tertiary/aromatic N) is 3. The second-order valence-electron chi connectivity index (χ2n) is 6.34. The monoisotopic (exact) mass is 305 g/mol. The number of aryl methyl sites for hydroxylation is 2. The van der Waals surface area contributed by atoms with Crippen molar-refractivity contribution in [3.8, 4) is 0 Å². The highest BCUT2D eigenvalue weighted by Crippen LogP contribution is 2.24. The highest BCUT2D eigenvalue weighted by molar-refractivity contribution is 6.16. The molecule has 0 atom stereocenters. The van der Waals surface area contributed by atoms with Crippen LogP contribution in [0.5, 0.6) is 0 Å². The number of imidazole rings is 1. The molecule has 0 saturated carbocycles. The van der Waals surface area contributed by atoms with Gasteiger partial charge in [0, 0.05) is 6.54 Å². The lowest BCUT2D eigenvalue weighted by Gasteiger charge is -2.29. The summed E-state index contributed by atoms with van der Waals surface area (Å²) in [5.74, 6) is 2.33. The van der Waals surface area contributed by atoms with Crippen molar-refractivity contribution in [3.63, 3.8) is 0 Å². The lowest BCUT2D eigenvalue weighted by Crippen LogP contribution is -2.30. The van der Waals surface area contributed by atoms with Crippen molar-refractivity contribution in [3.05, 3.63) is 29.6 Å². The van der Waals surface area contributed by atoms with Gasteiger partial charge in [-0.1, -0.05) is 6.07 Å². The van der Waals surface area contributed by atoms with Gasteiger partial charge in [0.2, 0.25) is 0 Å². The summed E-state index contributed by atoms with van der Waals surface area (Å²) < 4.78 is 2.32. The van der Waals surface area contributed by atoms with Crippen molar-refractivity contribution in [2.45, 2.75) is 38.6 Å². The van der Waals surface area contributed by atoms with Crippen LogP contribution in [0, 0.1) is 12.8 Å². The molecule has 0 aliphatic carbocycles. The molecule has 0 spiro atoms. The van der Waals surface area contributed by atoms with Crippen LogP contribution in [-0.2, 0) is 12.4 Å². The number of hydrogen-bond acceptors (Lipinski definition) is 2. The van der Waals surface area contributed by atoms with Gasteiger partial charge in [0.25, 0.3) is 0 Å². The number of aromatic nitrogens is 2. The summed E-state index contributed by atoms with van der Waals surface area (Å²) in [6.07, 6.45) is 3.87. The zero-order valence-electron chi connectivity index (χ0n) is 13.0. The van der Waals surface area contributed by atoms with E-state index < -0.39 is 0 Å². The van der Waals surface area contributed by atoms with E-state index in [4.69, 9.17) is 16.6 Å². The van der Waals surface area contributed by atoms with Gasteiger partial charge in [-0.05, 0) is 69.9 Å². The van der Waals surface area contributed by atoms with Crippen molar-refractivity contribution < 1.29 is 0 Å². The Morgan fingerprint density at radius 1 is 1.29 bits per heavy atom. The van der Waals surface area contributed by atoms with E-state index in [0.717, 1.165) is 23.8 Å². The molecule has 1 aliphatic heterocycles. The number of likely N-dealkylation sites (tertiary alicyclic amines) is 1. The zero-order valence-corrected chi connectivity index (χ0v) is 13.7. The van der Waals surface area contributed by atoms with Gasteiger partial charge < -0.3 is 9.47 Å². The van der Waals surface area contributed by atoms with Crippen molar-refractivity contribution in [1.29, 1.82) is 0 Å². The van der Waals surface area contributed by atoms with E-state index in [0.29, 0.717) is 5.88 Å². The molecule has 0 unspecified atom stereocenters. The van der Waals surface area contributed by atoms with Crippen LogP contribution in [-0.4, -0.2) is 34.6 Å². The van der Waals surface area contributed by atoms with E-state index in [-0.39, 0.29) is 0 Å². The molecule has 21 heavy (non-hydrogen) atoms. The Morgan fingerprint density at radius 2 is 2.05 bits per heavy atom. The number of fused-ring (bicyclic) bond motifs is 1. The number of piperidine rings is 1. The van der Waals surface area contributed by atoms with Crippen LogP contribution >= 0.6 is 11.6 Å². The van der Waals surface area contributed by atoms with Crippen molar-refractivity contribution in [1.82, 2.24) is 14.5 Å². The molecule has 1 fully saturated rings. The van der Waals surface area contributed by atoms with E-state index in [9.17, 15) is 0 Å². The molecule has 4 heteroatoms. The molecule has 1 aliphatic rings. The lowest BCUT2D eigenvalue weighted by molar-refractivity contribution is 0.208. The van der Waals surface area contributed by atoms with E-state index in [1.807, 2.05) is 0 Å². The summed E-state index contributed by atoms with van der Waals surface area (Å²) in [7, 11) is 2.22. The maximum Gasteiger partial charge on any atom is 0.124 e. The van der Waals surface area contributed by atoms with Crippen LogP contribution in [0.4, 0.5) is 0 Å². The summed E-state index contributed by atoms with van der Waals surface area (Å²) in [6.45, 7) is 5.61. The SMILES string of the molecule is Cc1ccc2c(c1)nc(CCl)n2CCC1CCN(C)CC1. The van der Waals surface area contributed by atoms with Crippen molar-refractivity contribution >= 4 is 22.6 Å². The average Bonchev–Trinajstić information content (AvgIpc) is 2.83. The molecule has 0 N–H and O–H groups in total. The number of benzene rings is 1. The Morgan fingerprint density at radius 3 is 2.76 bits per heavy atom. The molecule has 0 radical (unpaired) electrons. The summed E-state index contributed by atoms with van der Waals surface area (Å²) in [4.78, 5) is 7.12. The average molecular weight is 306 g/mol. The molecule has 2 aromatic rings. The molecule has 0 bridgehead atoms. The van der Waals surface area contributed by atoms with Crippen LogP contribution in [0.25, 0.3) is 11.0 Å². The van der Waals surface area contributed by atoms with Crippen molar-refractivity contribution in [2.24, 2.45) is 5.92 Å². The Kier molecular flexibility index (Phi) is 4.51. The van der Waals surface area contributed by atoms with E-state index >= 15 is 0 Å². The van der Waals surface area contributed by atoms with Gasteiger partial charge in [0.05, 0.1) is 16.9 Å². The third-order valence-corrected chi connectivity index (χ3v) is 4.94. The first-order chi connectivity index (χ1) is 10.2.